The van der Waals surface area contributed by atoms with Crippen LogP contribution in [0.2, 0.25) is 0 Å². The molecule has 1 fully saturated rings. The molecule has 4 N–H and O–H groups in total. The first kappa shape index (κ1) is 23.9. The number of nitrogens with zero attached hydrogens (tertiary/aromatic N) is 3. The van der Waals surface area contributed by atoms with Gasteiger partial charge < -0.3 is 20.7 Å². The van der Waals surface area contributed by atoms with Crippen molar-refractivity contribution in [2.45, 2.75) is 45.3 Å². The van der Waals surface area contributed by atoms with E-state index in [4.69, 9.17) is 5.73 Å². The molecule has 0 radical (unpaired) electrons. The van der Waals surface area contributed by atoms with E-state index in [0.717, 1.165) is 55.5 Å². The summed E-state index contributed by atoms with van der Waals surface area (Å²) in [6, 6.07) is 11.6. The second-order valence-electron chi connectivity index (χ2n) is 9.36. The van der Waals surface area contributed by atoms with Crippen molar-refractivity contribution in [3.05, 3.63) is 65.5 Å². The number of hydrogen-bond acceptors (Lipinski definition) is 3. The van der Waals surface area contributed by atoms with Gasteiger partial charge in [-0.15, -0.1) is 0 Å². The number of aromatic nitrogens is 2. The molecule has 0 bridgehead atoms. The molecule has 0 spiro atoms. The lowest BCUT2D eigenvalue weighted by molar-refractivity contribution is 0.0927. The number of amides is 1. The summed E-state index contributed by atoms with van der Waals surface area (Å²) in [5.41, 5.74) is 8.11. The van der Waals surface area contributed by atoms with Crippen LogP contribution < -0.4 is 5.73 Å². The van der Waals surface area contributed by atoms with Crippen molar-refractivity contribution in [3.8, 4) is 0 Å². The number of pyridine rings is 1. The van der Waals surface area contributed by atoms with Gasteiger partial charge in [0, 0.05) is 36.4 Å². The largest absolute Gasteiger partial charge is 0.412 e. The molecule has 0 saturated carbocycles. The molecule has 1 amide bonds. The van der Waals surface area contributed by atoms with Crippen LogP contribution in [0.15, 0.2) is 48.8 Å². The van der Waals surface area contributed by atoms with Crippen molar-refractivity contribution in [1.82, 2.24) is 14.5 Å². The number of piperidine rings is 1. The number of likely N-dealkylation sites (tertiary alicyclic amines) is 1. The van der Waals surface area contributed by atoms with Gasteiger partial charge in [-0.25, -0.2) is 9.37 Å². The van der Waals surface area contributed by atoms with E-state index in [1.54, 1.807) is 26.0 Å². The van der Waals surface area contributed by atoms with E-state index in [2.05, 4.69) is 26.7 Å². The fraction of sp³-hybridized carbons (Fsp3) is 0.440. The van der Waals surface area contributed by atoms with E-state index < -0.39 is 11.6 Å². The van der Waals surface area contributed by atoms with Gasteiger partial charge in [0.05, 0.1) is 0 Å². The van der Waals surface area contributed by atoms with E-state index in [-0.39, 0.29) is 5.48 Å². The fourth-order valence-electron chi connectivity index (χ4n) is 4.62. The molecule has 172 valence electrons. The van der Waals surface area contributed by atoms with Crippen LogP contribution in [0.25, 0.3) is 11.0 Å². The normalized spacial score (nSPS) is 15.6. The smallest absolute Gasteiger partial charge is 0.248 e. The standard InChI is InChI=1S/C25H31FN4O.H2O/c1-25(2,26)17-29-12-9-19(10-13-29)15-30-16-21(22-4-3-11-28-24(22)30)14-18-5-7-20(8-6-18)23(27)31;/h3-8,11,16,19H,9-10,12-15,17H2,1-2H3,(H2,27,31);1H2. The van der Waals surface area contributed by atoms with Crippen molar-refractivity contribution < 1.29 is 14.7 Å². The number of carbonyl (C=O) groups is 1. The van der Waals surface area contributed by atoms with Gasteiger partial charge in [0.1, 0.15) is 11.3 Å². The third-order valence-corrected chi connectivity index (χ3v) is 6.11. The number of hydrogen-bond donors (Lipinski definition) is 1. The maximum atomic E-state index is 14.0. The van der Waals surface area contributed by atoms with Gasteiger partial charge in [0.25, 0.3) is 0 Å². The molecule has 0 atom stereocenters. The number of carbonyl (C=O) groups excluding carboxylic acids is 1. The van der Waals surface area contributed by atoms with Gasteiger partial charge >= 0.3 is 0 Å². The Hall–Kier alpha value is -2.77. The Bertz CT molecular complexity index is 1050. The maximum Gasteiger partial charge on any atom is 0.248 e. The van der Waals surface area contributed by atoms with Crippen LogP contribution >= 0.6 is 0 Å². The number of rotatable bonds is 7. The van der Waals surface area contributed by atoms with E-state index in [1.165, 1.54) is 5.56 Å². The third kappa shape index (κ3) is 5.72. The minimum atomic E-state index is -1.14. The van der Waals surface area contributed by atoms with Gasteiger partial charge in [0.2, 0.25) is 5.91 Å². The average molecular weight is 441 g/mol. The average Bonchev–Trinajstić information content (AvgIpc) is 3.06. The quantitative estimate of drug-likeness (QED) is 0.610. The van der Waals surface area contributed by atoms with Crippen LogP contribution in [0.3, 0.4) is 0 Å². The second-order valence-corrected chi connectivity index (χ2v) is 9.36. The lowest BCUT2D eigenvalue weighted by Gasteiger charge is -2.34. The monoisotopic (exact) mass is 440 g/mol. The molecule has 2 aromatic heterocycles. The molecule has 1 saturated heterocycles. The zero-order valence-corrected chi connectivity index (χ0v) is 18.9. The molecule has 32 heavy (non-hydrogen) atoms. The fourth-order valence-corrected chi connectivity index (χ4v) is 4.62. The van der Waals surface area contributed by atoms with Crippen LogP contribution in [-0.2, 0) is 13.0 Å². The summed E-state index contributed by atoms with van der Waals surface area (Å²) in [6.45, 7) is 6.64. The number of benzene rings is 1. The third-order valence-electron chi connectivity index (χ3n) is 6.11. The molecular formula is C25H33FN4O2. The number of fused-ring (bicyclic) bond motifs is 1. The molecule has 4 rings (SSSR count). The maximum absolute atomic E-state index is 14.0. The van der Waals surface area contributed by atoms with E-state index in [1.807, 2.05) is 24.4 Å². The van der Waals surface area contributed by atoms with E-state index in [0.29, 0.717) is 18.0 Å². The first-order valence-electron chi connectivity index (χ1n) is 11.0. The zero-order chi connectivity index (χ0) is 22.0. The number of nitrogens with two attached hydrogens (primary N) is 1. The summed E-state index contributed by atoms with van der Waals surface area (Å²) in [4.78, 5) is 18.2. The van der Waals surface area contributed by atoms with Crippen LogP contribution in [0.4, 0.5) is 4.39 Å². The van der Waals surface area contributed by atoms with Crippen molar-refractivity contribution in [1.29, 1.82) is 0 Å². The topological polar surface area (TPSA) is 95.7 Å². The first-order chi connectivity index (χ1) is 14.8. The molecule has 1 aliphatic heterocycles. The highest BCUT2D eigenvalue weighted by molar-refractivity contribution is 5.92. The number of alkyl halides is 1. The van der Waals surface area contributed by atoms with E-state index >= 15 is 0 Å². The summed E-state index contributed by atoms with van der Waals surface area (Å²) in [6.07, 6.45) is 6.99. The molecule has 3 heterocycles. The molecule has 1 aliphatic rings. The van der Waals surface area contributed by atoms with Gasteiger partial charge in [-0.1, -0.05) is 12.1 Å². The SMILES string of the molecule is CC(C)(F)CN1CCC(Cn2cc(Cc3ccc(C(N)=O)cc3)c3cccnc32)CC1.O. The minimum absolute atomic E-state index is 0. The van der Waals surface area contributed by atoms with Crippen LogP contribution in [-0.4, -0.2) is 51.1 Å². The van der Waals surface area contributed by atoms with Gasteiger partial charge in [-0.05, 0) is 87.5 Å². The van der Waals surface area contributed by atoms with Gasteiger partial charge in [-0.3, -0.25) is 4.79 Å². The lowest BCUT2D eigenvalue weighted by Crippen LogP contribution is -2.41. The summed E-state index contributed by atoms with van der Waals surface area (Å²) < 4.78 is 16.2. The summed E-state index contributed by atoms with van der Waals surface area (Å²) >= 11 is 0. The summed E-state index contributed by atoms with van der Waals surface area (Å²) in [7, 11) is 0. The summed E-state index contributed by atoms with van der Waals surface area (Å²) in [5, 5.41) is 1.16. The first-order valence-corrected chi connectivity index (χ1v) is 11.0. The molecule has 6 nitrogen and oxygen atoms in total. The van der Waals surface area contributed by atoms with Crippen molar-refractivity contribution in [2.24, 2.45) is 11.7 Å². The predicted octanol–water partition coefficient (Wildman–Crippen LogP) is 3.36. The highest BCUT2D eigenvalue weighted by Gasteiger charge is 2.25. The Morgan fingerprint density at radius 1 is 1.19 bits per heavy atom. The van der Waals surface area contributed by atoms with E-state index in [9.17, 15) is 9.18 Å². The molecule has 3 aromatic rings. The molecule has 0 unspecified atom stereocenters. The summed E-state index contributed by atoms with van der Waals surface area (Å²) in [5.74, 6) is 0.160. The molecule has 1 aromatic carbocycles. The Morgan fingerprint density at radius 2 is 1.88 bits per heavy atom. The Balaban J connectivity index is 0.00000289. The van der Waals surface area contributed by atoms with Crippen LogP contribution in [0.5, 0.6) is 0 Å². The highest BCUT2D eigenvalue weighted by Crippen LogP contribution is 2.27. The van der Waals surface area contributed by atoms with Gasteiger partial charge in [-0.2, -0.15) is 0 Å². The van der Waals surface area contributed by atoms with Gasteiger partial charge in [0.15, 0.2) is 0 Å². The minimum Gasteiger partial charge on any atom is -0.412 e. The van der Waals surface area contributed by atoms with Crippen molar-refractivity contribution >= 4 is 16.9 Å². The number of primary amides is 1. The van der Waals surface area contributed by atoms with Crippen molar-refractivity contribution in [2.75, 3.05) is 19.6 Å². The highest BCUT2D eigenvalue weighted by atomic mass is 19.1. The molecule has 7 heteroatoms. The second kappa shape index (κ2) is 9.79. The Labute approximate surface area is 188 Å². The van der Waals surface area contributed by atoms with Crippen LogP contribution in [0.1, 0.15) is 48.2 Å². The van der Waals surface area contributed by atoms with Crippen LogP contribution in [0, 0.1) is 5.92 Å². The lowest BCUT2D eigenvalue weighted by atomic mass is 9.96. The predicted molar refractivity (Wildman–Crippen MR) is 125 cm³/mol. The van der Waals surface area contributed by atoms with Crippen molar-refractivity contribution in [3.63, 3.8) is 0 Å². The molecule has 0 aliphatic carbocycles. The molecular weight excluding hydrogens is 407 g/mol. The number of halogens is 1. The Morgan fingerprint density at radius 3 is 2.50 bits per heavy atom. The zero-order valence-electron chi connectivity index (χ0n) is 18.9. The Kier molecular flexibility index (Phi) is 7.31.